The van der Waals surface area contributed by atoms with Crippen LogP contribution >= 0.6 is 11.8 Å². The molecule has 1 aliphatic heterocycles. The molecule has 10 nitrogen and oxygen atoms in total. The quantitative estimate of drug-likeness (QED) is 0.169. The van der Waals surface area contributed by atoms with Crippen molar-refractivity contribution in [3.05, 3.63) is 94.8 Å². The largest absolute Gasteiger partial charge is 0.493 e. The minimum absolute atomic E-state index is 0.0237. The first-order valence-corrected chi connectivity index (χ1v) is 15.0. The van der Waals surface area contributed by atoms with Crippen LogP contribution in [-0.4, -0.2) is 53.4 Å². The standard InChI is InChI=1S/C33H34N4O6S/c1-20-8-6-7-9-24(20)17-37(30(38)18-44-33-34-21(2)14-22(3)35-33)31(23-10-12-26(40-4)28(15-23)41-5)32(39)36-25-11-13-27-29(16-25)43-19-42-27/h6-16,31H,17-19H2,1-5H3,(H,36,39)/t31-/m1/s1. The van der Waals surface area contributed by atoms with Gasteiger partial charge in [0.1, 0.15) is 6.04 Å². The van der Waals surface area contributed by atoms with Crippen LogP contribution in [0.1, 0.15) is 34.1 Å². The van der Waals surface area contributed by atoms with Gasteiger partial charge in [-0.15, -0.1) is 0 Å². The fraction of sp³-hybridized carbons (Fsp3) is 0.273. The number of ether oxygens (including phenoxy) is 4. The third-order valence-electron chi connectivity index (χ3n) is 7.13. The molecule has 1 aliphatic rings. The molecule has 228 valence electrons. The Hall–Kier alpha value is -4.77. The maximum absolute atomic E-state index is 14.3. The van der Waals surface area contributed by atoms with Crippen molar-refractivity contribution in [2.75, 3.05) is 32.1 Å². The lowest BCUT2D eigenvalue weighted by Gasteiger charge is -2.32. The zero-order valence-electron chi connectivity index (χ0n) is 25.2. The summed E-state index contributed by atoms with van der Waals surface area (Å²) >= 11 is 1.24. The van der Waals surface area contributed by atoms with E-state index in [1.54, 1.807) is 48.4 Å². The van der Waals surface area contributed by atoms with Crippen molar-refractivity contribution in [2.24, 2.45) is 0 Å². The van der Waals surface area contributed by atoms with Gasteiger partial charge < -0.3 is 29.2 Å². The summed E-state index contributed by atoms with van der Waals surface area (Å²) in [5, 5.41) is 3.49. The summed E-state index contributed by atoms with van der Waals surface area (Å²) in [6.07, 6.45) is 0. The number of benzene rings is 3. The molecule has 5 rings (SSSR count). The molecule has 11 heteroatoms. The molecule has 0 aliphatic carbocycles. The van der Waals surface area contributed by atoms with Crippen molar-refractivity contribution in [2.45, 2.75) is 38.5 Å². The van der Waals surface area contributed by atoms with Gasteiger partial charge in [0.15, 0.2) is 28.2 Å². The van der Waals surface area contributed by atoms with Gasteiger partial charge in [0.25, 0.3) is 5.91 Å². The number of carbonyl (C=O) groups is 2. The van der Waals surface area contributed by atoms with E-state index in [-0.39, 0.29) is 25.0 Å². The summed E-state index contributed by atoms with van der Waals surface area (Å²) in [4.78, 5) is 39.0. The molecule has 0 radical (unpaired) electrons. The molecule has 0 saturated carbocycles. The summed E-state index contributed by atoms with van der Waals surface area (Å²) in [6, 6.07) is 19.0. The molecule has 2 heterocycles. The van der Waals surface area contributed by atoms with E-state index in [0.29, 0.717) is 39.4 Å². The highest BCUT2D eigenvalue weighted by Crippen LogP contribution is 2.37. The van der Waals surface area contributed by atoms with Crippen molar-refractivity contribution in [1.82, 2.24) is 14.9 Å². The van der Waals surface area contributed by atoms with Crippen LogP contribution in [0, 0.1) is 20.8 Å². The van der Waals surface area contributed by atoms with Crippen LogP contribution in [0.2, 0.25) is 0 Å². The molecule has 1 atom stereocenters. The first-order valence-electron chi connectivity index (χ1n) is 14.0. The maximum atomic E-state index is 14.3. The molecule has 3 aromatic carbocycles. The monoisotopic (exact) mass is 614 g/mol. The average molecular weight is 615 g/mol. The van der Waals surface area contributed by atoms with E-state index in [2.05, 4.69) is 15.3 Å². The van der Waals surface area contributed by atoms with Crippen LogP contribution in [0.3, 0.4) is 0 Å². The number of anilines is 1. The Kier molecular flexibility index (Phi) is 9.54. The van der Waals surface area contributed by atoms with Gasteiger partial charge in [0, 0.05) is 29.7 Å². The Morgan fingerprint density at radius 1 is 0.909 bits per heavy atom. The van der Waals surface area contributed by atoms with E-state index in [1.807, 2.05) is 51.1 Å². The lowest BCUT2D eigenvalue weighted by molar-refractivity contribution is -0.137. The van der Waals surface area contributed by atoms with E-state index < -0.39 is 11.9 Å². The van der Waals surface area contributed by atoms with Crippen LogP contribution in [0.25, 0.3) is 0 Å². The summed E-state index contributed by atoms with van der Waals surface area (Å²) in [5.74, 6) is 1.42. The highest BCUT2D eigenvalue weighted by molar-refractivity contribution is 7.99. The summed E-state index contributed by atoms with van der Waals surface area (Å²) in [6.45, 7) is 6.06. The molecule has 4 aromatic rings. The lowest BCUT2D eigenvalue weighted by Crippen LogP contribution is -2.42. The van der Waals surface area contributed by atoms with Crippen LogP contribution in [0.4, 0.5) is 5.69 Å². The molecule has 1 N–H and O–H groups in total. The van der Waals surface area contributed by atoms with Gasteiger partial charge >= 0.3 is 0 Å². The fourth-order valence-electron chi connectivity index (χ4n) is 4.94. The van der Waals surface area contributed by atoms with Crippen molar-refractivity contribution >= 4 is 29.3 Å². The minimum Gasteiger partial charge on any atom is -0.493 e. The number of nitrogens with one attached hydrogen (secondary N) is 1. The number of aryl methyl sites for hydroxylation is 3. The molecule has 0 saturated heterocycles. The number of carbonyl (C=O) groups excluding carboxylic acids is 2. The van der Waals surface area contributed by atoms with Gasteiger partial charge in [0.2, 0.25) is 12.7 Å². The Morgan fingerprint density at radius 2 is 1.64 bits per heavy atom. The van der Waals surface area contributed by atoms with Crippen molar-refractivity contribution in [3.8, 4) is 23.0 Å². The zero-order valence-corrected chi connectivity index (χ0v) is 26.1. The Balaban J connectivity index is 1.55. The van der Waals surface area contributed by atoms with Gasteiger partial charge in [-0.1, -0.05) is 42.1 Å². The number of fused-ring (bicyclic) bond motifs is 1. The topological polar surface area (TPSA) is 112 Å². The second kappa shape index (κ2) is 13.7. The van der Waals surface area contributed by atoms with E-state index in [4.69, 9.17) is 18.9 Å². The number of hydrogen-bond donors (Lipinski definition) is 1. The van der Waals surface area contributed by atoms with Gasteiger partial charge in [-0.25, -0.2) is 9.97 Å². The fourth-order valence-corrected chi connectivity index (χ4v) is 5.78. The smallest absolute Gasteiger partial charge is 0.251 e. The van der Waals surface area contributed by atoms with Gasteiger partial charge in [0.05, 0.1) is 20.0 Å². The molecule has 0 fully saturated rings. The SMILES string of the molecule is COc1ccc([C@H](C(=O)Nc2ccc3c(c2)OCO3)N(Cc2ccccc2C)C(=O)CSc2nc(C)cc(C)n2)cc1OC. The molecular formula is C33H34N4O6S. The van der Waals surface area contributed by atoms with E-state index in [1.165, 1.54) is 18.9 Å². The summed E-state index contributed by atoms with van der Waals surface area (Å²) < 4.78 is 21.9. The number of methoxy groups -OCH3 is 2. The second-order valence-corrected chi connectivity index (χ2v) is 11.2. The predicted molar refractivity (Wildman–Crippen MR) is 167 cm³/mol. The van der Waals surface area contributed by atoms with Crippen LogP contribution < -0.4 is 24.3 Å². The molecule has 0 unspecified atom stereocenters. The normalized spacial score (nSPS) is 12.4. The summed E-state index contributed by atoms with van der Waals surface area (Å²) in [7, 11) is 3.07. The lowest BCUT2D eigenvalue weighted by atomic mass is 10.0. The van der Waals surface area contributed by atoms with E-state index in [0.717, 1.165) is 22.5 Å². The predicted octanol–water partition coefficient (Wildman–Crippen LogP) is 5.65. The number of hydrogen-bond acceptors (Lipinski definition) is 9. The van der Waals surface area contributed by atoms with Crippen LogP contribution in [-0.2, 0) is 16.1 Å². The molecule has 2 amide bonds. The van der Waals surface area contributed by atoms with E-state index in [9.17, 15) is 9.59 Å². The van der Waals surface area contributed by atoms with Crippen molar-refractivity contribution < 1.29 is 28.5 Å². The zero-order chi connectivity index (χ0) is 31.2. The van der Waals surface area contributed by atoms with Gasteiger partial charge in [-0.05, 0) is 67.8 Å². The van der Waals surface area contributed by atoms with Crippen LogP contribution in [0.5, 0.6) is 23.0 Å². The van der Waals surface area contributed by atoms with Crippen molar-refractivity contribution in [3.63, 3.8) is 0 Å². The molecule has 0 spiro atoms. The minimum atomic E-state index is -1.03. The summed E-state index contributed by atoms with van der Waals surface area (Å²) in [5.41, 5.74) is 4.60. The highest BCUT2D eigenvalue weighted by Gasteiger charge is 2.33. The highest BCUT2D eigenvalue weighted by atomic mass is 32.2. The molecular weight excluding hydrogens is 580 g/mol. The maximum Gasteiger partial charge on any atom is 0.251 e. The van der Waals surface area contributed by atoms with Gasteiger partial charge in [-0.3, -0.25) is 9.59 Å². The third kappa shape index (κ3) is 7.05. The average Bonchev–Trinajstić information content (AvgIpc) is 3.48. The van der Waals surface area contributed by atoms with Crippen molar-refractivity contribution in [1.29, 1.82) is 0 Å². The Bertz CT molecular complexity index is 1660. The Morgan fingerprint density at radius 3 is 2.36 bits per heavy atom. The number of thioether (sulfide) groups is 1. The number of aromatic nitrogens is 2. The first-order chi connectivity index (χ1) is 21.2. The van der Waals surface area contributed by atoms with Crippen LogP contribution in [0.15, 0.2) is 71.9 Å². The molecule has 44 heavy (non-hydrogen) atoms. The Labute approximate surface area is 260 Å². The van der Waals surface area contributed by atoms with E-state index >= 15 is 0 Å². The van der Waals surface area contributed by atoms with Gasteiger partial charge in [-0.2, -0.15) is 0 Å². The number of rotatable bonds is 11. The second-order valence-electron chi connectivity index (χ2n) is 10.2. The molecule has 1 aromatic heterocycles. The first kappa shape index (κ1) is 30.7. The number of amides is 2. The number of nitrogens with zero attached hydrogens (tertiary/aromatic N) is 3. The third-order valence-corrected chi connectivity index (χ3v) is 7.96. The molecule has 0 bridgehead atoms.